The highest BCUT2D eigenvalue weighted by Crippen LogP contribution is 2.44. The van der Waals surface area contributed by atoms with Crippen molar-refractivity contribution in [3.63, 3.8) is 0 Å². The van der Waals surface area contributed by atoms with Gasteiger partial charge in [-0.1, -0.05) is 25.5 Å². The molecule has 0 saturated carbocycles. The number of ether oxygens (including phenoxy) is 4. The fourth-order valence-electron chi connectivity index (χ4n) is 5.61. The van der Waals surface area contributed by atoms with Crippen LogP contribution in [0.3, 0.4) is 0 Å². The van der Waals surface area contributed by atoms with Gasteiger partial charge in [0.15, 0.2) is 0 Å². The van der Waals surface area contributed by atoms with Gasteiger partial charge in [0.1, 0.15) is 17.8 Å². The molecule has 10 atom stereocenters. The molecular formula is C28H46N2O7. The minimum atomic E-state index is -0.632. The van der Waals surface area contributed by atoms with E-state index < -0.39 is 17.8 Å². The zero-order valence-corrected chi connectivity index (χ0v) is 23.1. The molecule has 3 fully saturated rings. The summed E-state index contributed by atoms with van der Waals surface area (Å²) in [7, 11) is 0. The van der Waals surface area contributed by atoms with E-state index in [-0.39, 0.29) is 54.2 Å². The quantitative estimate of drug-likeness (QED) is 0.172. The Morgan fingerprint density at radius 2 is 1.95 bits per heavy atom. The SMILES string of the molecule is CC(=O)OC(C)C=CC(=O)NC1CC(C)C(CC=C(C)CC(C)C2OC(CN)CC3(CO3)C2O)OC1C. The summed E-state index contributed by atoms with van der Waals surface area (Å²) in [6, 6.07) is -0.0880. The van der Waals surface area contributed by atoms with Crippen LogP contribution in [0.4, 0.5) is 0 Å². The van der Waals surface area contributed by atoms with Gasteiger partial charge in [-0.15, -0.1) is 0 Å². The molecular weight excluding hydrogens is 476 g/mol. The van der Waals surface area contributed by atoms with Crippen molar-refractivity contribution in [2.45, 2.75) is 115 Å². The lowest BCUT2D eigenvalue weighted by molar-refractivity contribution is -0.166. The maximum Gasteiger partial charge on any atom is 0.303 e. The third kappa shape index (κ3) is 8.10. The van der Waals surface area contributed by atoms with Crippen molar-refractivity contribution < 1.29 is 33.6 Å². The maximum atomic E-state index is 12.3. The van der Waals surface area contributed by atoms with Crippen LogP contribution < -0.4 is 11.1 Å². The van der Waals surface area contributed by atoms with E-state index in [4.69, 9.17) is 24.7 Å². The monoisotopic (exact) mass is 522 g/mol. The summed E-state index contributed by atoms with van der Waals surface area (Å²) in [5.41, 5.74) is 6.63. The zero-order chi connectivity index (χ0) is 27.3. The number of aliphatic hydroxyl groups excluding tert-OH is 1. The number of epoxide rings is 1. The van der Waals surface area contributed by atoms with Crippen LogP contribution in [0.5, 0.6) is 0 Å². The van der Waals surface area contributed by atoms with E-state index in [2.05, 4.69) is 32.2 Å². The van der Waals surface area contributed by atoms with Crippen LogP contribution in [0.1, 0.15) is 67.2 Å². The van der Waals surface area contributed by atoms with Gasteiger partial charge in [0.25, 0.3) is 0 Å². The fraction of sp³-hybridized carbons (Fsp3) is 0.786. The molecule has 1 spiro atoms. The van der Waals surface area contributed by atoms with Crippen molar-refractivity contribution >= 4 is 11.9 Å². The van der Waals surface area contributed by atoms with E-state index in [9.17, 15) is 14.7 Å². The summed E-state index contributed by atoms with van der Waals surface area (Å²) in [4.78, 5) is 23.3. The summed E-state index contributed by atoms with van der Waals surface area (Å²) in [5.74, 6) is -0.210. The van der Waals surface area contributed by atoms with Gasteiger partial charge in [0.05, 0.1) is 37.1 Å². The summed E-state index contributed by atoms with van der Waals surface area (Å²) < 4.78 is 23.1. The third-order valence-electron chi connectivity index (χ3n) is 7.87. The molecule has 0 aliphatic carbocycles. The summed E-state index contributed by atoms with van der Waals surface area (Å²) in [5, 5.41) is 13.9. The van der Waals surface area contributed by atoms with Crippen LogP contribution in [0.2, 0.25) is 0 Å². The molecule has 3 aliphatic heterocycles. The predicted molar refractivity (Wildman–Crippen MR) is 140 cm³/mol. The Morgan fingerprint density at radius 3 is 2.57 bits per heavy atom. The van der Waals surface area contributed by atoms with Crippen LogP contribution in [0.15, 0.2) is 23.8 Å². The number of rotatable bonds is 10. The van der Waals surface area contributed by atoms with Crippen LogP contribution in [-0.4, -0.2) is 78.4 Å². The highest BCUT2D eigenvalue weighted by atomic mass is 16.6. The average Bonchev–Trinajstić information content (AvgIpc) is 3.60. The lowest BCUT2D eigenvalue weighted by Gasteiger charge is -2.41. The predicted octanol–water partition coefficient (Wildman–Crippen LogP) is 2.40. The molecule has 210 valence electrons. The molecule has 3 saturated heterocycles. The summed E-state index contributed by atoms with van der Waals surface area (Å²) in [6.45, 7) is 12.4. The number of carbonyl (C=O) groups excluding carboxylic acids is 2. The highest BCUT2D eigenvalue weighted by Gasteiger charge is 2.59. The fourth-order valence-corrected chi connectivity index (χ4v) is 5.61. The lowest BCUT2D eigenvalue weighted by Crippen LogP contribution is -2.54. The first-order valence-electron chi connectivity index (χ1n) is 13.6. The van der Waals surface area contributed by atoms with E-state index in [1.54, 1.807) is 13.0 Å². The van der Waals surface area contributed by atoms with Crippen molar-refractivity contribution in [1.29, 1.82) is 0 Å². The van der Waals surface area contributed by atoms with Gasteiger partial charge >= 0.3 is 5.97 Å². The van der Waals surface area contributed by atoms with Crippen molar-refractivity contribution in [1.82, 2.24) is 5.32 Å². The van der Waals surface area contributed by atoms with E-state index in [1.165, 1.54) is 18.6 Å². The van der Waals surface area contributed by atoms with Gasteiger partial charge in [0, 0.05) is 26.0 Å². The van der Waals surface area contributed by atoms with Crippen molar-refractivity contribution in [2.24, 2.45) is 17.6 Å². The Balaban J connectivity index is 1.47. The van der Waals surface area contributed by atoms with Crippen molar-refractivity contribution in [3.05, 3.63) is 23.8 Å². The zero-order valence-electron chi connectivity index (χ0n) is 23.1. The number of nitrogens with two attached hydrogens (primary N) is 1. The van der Waals surface area contributed by atoms with Gasteiger partial charge < -0.3 is 35.1 Å². The molecule has 9 nitrogen and oxygen atoms in total. The first-order valence-corrected chi connectivity index (χ1v) is 13.6. The number of carbonyl (C=O) groups is 2. The second-order valence-electron chi connectivity index (χ2n) is 11.3. The molecule has 0 aromatic rings. The number of esters is 1. The second-order valence-corrected chi connectivity index (χ2v) is 11.3. The molecule has 10 unspecified atom stereocenters. The van der Waals surface area contributed by atoms with E-state index >= 15 is 0 Å². The third-order valence-corrected chi connectivity index (χ3v) is 7.87. The van der Waals surface area contributed by atoms with Gasteiger partial charge in [-0.3, -0.25) is 9.59 Å². The minimum Gasteiger partial charge on any atom is -0.459 e. The first-order chi connectivity index (χ1) is 17.4. The van der Waals surface area contributed by atoms with Crippen LogP contribution in [-0.2, 0) is 28.5 Å². The number of aliphatic hydroxyl groups is 1. The van der Waals surface area contributed by atoms with E-state index in [0.717, 1.165) is 19.3 Å². The number of hydrogen-bond donors (Lipinski definition) is 3. The topological polar surface area (TPSA) is 133 Å². The lowest BCUT2D eigenvalue weighted by atomic mass is 9.82. The van der Waals surface area contributed by atoms with Gasteiger partial charge in [0.2, 0.25) is 5.91 Å². The molecule has 3 rings (SSSR count). The van der Waals surface area contributed by atoms with Gasteiger partial charge in [-0.25, -0.2) is 0 Å². The molecule has 1 amide bonds. The molecule has 3 heterocycles. The number of nitrogens with one attached hydrogen (secondary N) is 1. The Bertz CT molecular complexity index is 855. The molecule has 0 radical (unpaired) electrons. The van der Waals surface area contributed by atoms with Crippen molar-refractivity contribution in [3.8, 4) is 0 Å². The van der Waals surface area contributed by atoms with E-state index in [0.29, 0.717) is 19.6 Å². The normalized spacial score (nSPS) is 37.8. The summed E-state index contributed by atoms with van der Waals surface area (Å²) >= 11 is 0. The van der Waals surface area contributed by atoms with Crippen LogP contribution in [0, 0.1) is 11.8 Å². The number of amides is 1. The molecule has 4 N–H and O–H groups in total. The Kier molecular flexibility index (Phi) is 10.3. The molecule has 9 heteroatoms. The first kappa shape index (κ1) is 29.8. The van der Waals surface area contributed by atoms with E-state index in [1.807, 2.05) is 6.92 Å². The highest BCUT2D eigenvalue weighted by molar-refractivity contribution is 5.87. The Labute approximate surface area is 221 Å². The smallest absolute Gasteiger partial charge is 0.303 e. The second kappa shape index (κ2) is 12.8. The minimum absolute atomic E-state index is 0.0641. The van der Waals surface area contributed by atoms with Gasteiger partial charge in [-0.05, 0) is 57.9 Å². The molecule has 0 aromatic carbocycles. The standard InChI is InChI=1S/C28H46N2O7/c1-16(11-18(3)26-27(33)28(15-34-28)13-22(14-29)37-26)7-9-24-17(2)12-23(20(5)36-24)30-25(32)10-8-19(4)35-21(6)31/h7-8,10,17-20,22-24,26-27,33H,9,11-15,29H2,1-6H3,(H,30,32). The molecule has 37 heavy (non-hydrogen) atoms. The number of hydrogen-bond acceptors (Lipinski definition) is 8. The summed E-state index contributed by atoms with van der Waals surface area (Å²) in [6.07, 6.45) is 6.75. The number of allylic oxidation sites excluding steroid dienone is 1. The molecule has 3 aliphatic rings. The Morgan fingerprint density at radius 1 is 1.24 bits per heavy atom. The van der Waals surface area contributed by atoms with Gasteiger partial charge in [-0.2, -0.15) is 0 Å². The van der Waals surface area contributed by atoms with Crippen molar-refractivity contribution in [2.75, 3.05) is 13.2 Å². The average molecular weight is 523 g/mol. The Hall–Kier alpha value is -1.78. The van der Waals surface area contributed by atoms with Crippen LogP contribution >= 0.6 is 0 Å². The largest absolute Gasteiger partial charge is 0.459 e. The maximum absolute atomic E-state index is 12.3. The molecule has 0 aromatic heterocycles. The van der Waals surface area contributed by atoms with Crippen LogP contribution in [0.25, 0.3) is 0 Å². The molecule has 0 bridgehead atoms.